The first-order chi connectivity index (χ1) is 6.97. The summed E-state index contributed by atoms with van der Waals surface area (Å²) >= 11 is 0. The maximum Gasteiger partial charge on any atom is 0.236 e. The van der Waals surface area contributed by atoms with E-state index in [2.05, 4.69) is 30.4 Å². The number of carbonyl (C=O) groups excluding carboxylic acids is 1. The van der Waals surface area contributed by atoms with E-state index in [4.69, 9.17) is 6.42 Å². The fourth-order valence-corrected chi connectivity index (χ4v) is 1.20. The van der Waals surface area contributed by atoms with E-state index in [1.165, 1.54) is 0 Å². The lowest BCUT2D eigenvalue weighted by Crippen LogP contribution is -2.46. The Morgan fingerprint density at radius 3 is 2.40 bits per heavy atom. The van der Waals surface area contributed by atoms with E-state index in [1.54, 1.807) is 0 Å². The van der Waals surface area contributed by atoms with E-state index < -0.39 is 0 Å². The number of carbonyl (C=O) groups is 1. The average molecular weight is 210 g/mol. The van der Waals surface area contributed by atoms with Crippen molar-refractivity contribution in [3.8, 4) is 12.3 Å². The molecule has 2 atom stereocenters. The number of amides is 1. The van der Waals surface area contributed by atoms with Gasteiger partial charge in [-0.05, 0) is 19.8 Å². The Labute approximate surface area is 93.0 Å². The third-order valence-electron chi connectivity index (χ3n) is 2.04. The highest BCUT2D eigenvalue weighted by atomic mass is 16.2. The molecule has 0 aromatic heterocycles. The smallest absolute Gasteiger partial charge is 0.236 e. The summed E-state index contributed by atoms with van der Waals surface area (Å²) in [6.07, 6.45) is 5.83. The van der Waals surface area contributed by atoms with Gasteiger partial charge in [0.2, 0.25) is 5.91 Å². The van der Waals surface area contributed by atoms with Crippen molar-refractivity contribution in [2.24, 2.45) is 5.92 Å². The Kier molecular flexibility index (Phi) is 6.81. The minimum atomic E-state index is -0.188. The highest BCUT2D eigenvalue weighted by molar-refractivity contribution is 5.81. The molecule has 3 nitrogen and oxygen atoms in total. The van der Waals surface area contributed by atoms with E-state index in [0.717, 1.165) is 0 Å². The van der Waals surface area contributed by atoms with Gasteiger partial charge in [0, 0.05) is 19.0 Å². The van der Waals surface area contributed by atoms with E-state index >= 15 is 0 Å². The third kappa shape index (κ3) is 6.98. The second-order valence-electron chi connectivity index (χ2n) is 4.34. The first-order valence-electron chi connectivity index (χ1n) is 5.44. The van der Waals surface area contributed by atoms with Crippen molar-refractivity contribution in [3.05, 3.63) is 0 Å². The molecule has 0 aromatic carbocycles. The zero-order chi connectivity index (χ0) is 11.8. The van der Waals surface area contributed by atoms with Gasteiger partial charge in [-0.25, -0.2) is 0 Å². The van der Waals surface area contributed by atoms with Crippen molar-refractivity contribution in [1.29, 1.82) is 0 Å². The Morgan fingerprint density at radius 1 is 1.33 bits per heavy atom. The maximum atomic E-state index is 11.6. The van der Waals surface area contributed by atoms with E-state index in [-0.39, 0.29) is 18.0 Å². The molecule has 0 rings (SSSR count). The molecule has 0 fully saturated rings. The Morgan fingerprint density at radius 2 is 1.93 bits per heavy atom. The zero-order valence-electron chi connectivity index (χ0n) is 10.1. The fourth-order valence-electron chi connectivity index (χ4n) is 1.20. The van der Waals surface area contributed by atoms with Crippen LogP contribution in [0.3, 0.4) is 0 Å². The molecule has 0 aromatic rings. The highest BCUT2D eigenvalue weighted by Crippen LogP contribution is 1.93. The highest BCUT2D eigenvalue weighted by Gasteiger charge is 2.14. The molecule has 0 spiro atoms. The molecule has 3 heteroatoms. The van der Waals surface area contributed by atoms with Gasteiger partial charge in [-0.1, -0.05) is 13.8 Å². The summed E-state index contributed by atoms with van der Waals surface area (Å²) in [5, 5.41) is 6.03. The van der Waals surface area contributed by atoms with Crippen molar-refractivity contribution in [3.63, 3.8) is 0 Å². The minimum Gasteiger partial charge on any atom is -0.354 e. The van der Waals surface area contributed by atoms with Crippen molar-refractivity contribution >= 4 is 5.91 Å². The van der Waals surface area contributed by atoms with Crippen molar-refractivity contribution in [1.82, 2.24) is 10.6 Å². The molecule has 0 saturated heterocycles. The SMILES string of the molecule is C#CCC(C)NC(C)C(=O)NCC(C)C. The van der Waals surface area contributed by atoms with E-state index in [1.807, 2.05) is 13.8 Å². The predicted molar refractivity (Wildman–Crippen MR) is 63.4 cm³/mol. The molecular weight excluding hydrogens is 188 g/mol. The number of hydrogen-bond acceptors (Lipinski definition) is 2. The fraction of sp³-hybridized carbons (Fsp3) is 0.750. The van der Waals surface area contributed by atoms with Crippen molar-refractivity contribution in [2.75, 3.05) is 6.54 Å². The molecule has 0 bridgehead atoms. The first-order valence-corrected chi connectivity index (χ1v) is 5.44. The maximum absolute atomic E-state index is 11.6. The van der Waals surface area contributed by atoms with Gasteiger partial charge in [0.05, 0.1) is 6.04 Å². The molecule has 2 unspecified atom stereocenters. The van der Waals surface area contributed by atoms with Gasteiger partial charge >= 0.3 is 0 Å². The zero-order valence-corrected chi connectivity index (χ0v) is 10.1. The number of hydrogen-bond donors (Lipinski definition) is 2. The van der Waals surface area contributed by atoms with Crippen LogP contribution in [0.4, 0.5) is 0 Å². The molecule has 1 amide bonds. The summed E-state index contributed by atoms with van der Waals surface area (Å²) in [5.41, 5.74) is 0. The molecule has 86 valence electrons. The average Bonchev–Trinajstić information content (AvgIpc) is 2.14. The molecule has 0 aliphatic rings. The Bertz CT molecular complexity index is 230. The van der Waals surface area contributed by atoms with Crippen LogP contribution in [0, 0.1) is 18.3 Å². The summed E-state index contributed by atoms with van der Waals surface area (Å²) in [4.78, 5) is 11.6. The van der Waals surface area contributed by atoms with Gasteiger partial charge in [-0.3, -0.25) is 4.79 Å². The van der Waals surface area contributed by atoms with Crippen LogP contribution in [0.5, 0.6) is 0 Å². The van der Waals surface area contributed by atoms with Gasteiger partial charge in [-0.2, -0.15) is 0 Å². The van der Waals surface area contributed by atoms with Crippen LogP contribution in [0.15, 0.2) is 0 Å². The van der Waals surface area contributed by atoms with Gasteiger partial charge < -0.3 is 10.6 Å². The second-order valence-corrected chi connectivity index (χ2v) is 4.34. The predicted octanol–water partition coefficient (Wildman–Crippen LogP) is 1.15. The third-order valence-corrected chi connectivity index (χ3v) is 2.04. The normalized spacial score (nSPS) is 14.4. The van der Waals surface area contributed by atoms with E-state index in [0.29, 0.717) is 18.9 Å². The molecule has 0 aliphatic carbocycles. The van der Waals surface area contributed by atoms with Crippen LogP contribution in [0.25, 0.3) is 0 Å². The van der Waals surface area contributed by atoms with Gasteiger partial charge in [-0.15, -0.1) is 12.3 Å². The quantitative estimate of drug-likeness (QED) is 0.646. The lowest BCUT2D eigenvalue weighted by molar-refractivity contribution is -0.123. The Hall–Kier alpha value is -1.01. The topological polar surface area (TPSA) is 41.1 Å². The largest absolute Gasteiger partial charge is 0.354 e. The monoisotopic (exact) mass is 210 g/mol. The van der Waals surface area contributed by atoms with Gasteiger partial charge in [0.25, 0.3) is 0 Å². The molecule has 0 radical (unpaired) electrons. The van der Waals surface area contributed by atoms with Crippen LogP contribution < -0.4 is 10.6 Å². The van der Waals surface area contributed by atoms with Crippen molar-refractivity contribution in [2.45, 2.75) is 46.2 Å². The van der Waals surface area contributed by atoms with Crippen LogP contribution in [0.1, 0.15) is 34.1 Å². The summed E-state index contributed by atoms with van der Waals surface area (Å²) < 4.78 is 0. The summed E-state index contributed by atoms with van der Waals surface area (Å²) in [6, 6.07) is -0.0121. The lowest BCUT2D eigenvalue weighted by atomic mass is 10.2. The van der Waals surface area contributed by atoms with Crippen LogP contribution in [-0.4, -0.2) is 24.5 Å². The Balaban J connectivity index is 3.84. The summed E-state index contributed by atoms with van der Waals surface area (Å²) in [7, 11) is 0. The van der Waals surface area contributed by atoms with Crippen molar-refractivity contribution < 1.29 is 4.79 Å². The first kappa shape index (κ1) is 14.0. The number of nitrogens with one attached hydrogen (secondary N) is 2. The van der Waals surface area contributed by atoms with E-state index in [9.17, 15) is 4.79 Å². The molecule has 0 heterocycles. The molecule has 2 N–H and O–H groups in total. The van der Waals surface area contributed by atoms with Gasteiger partial charge in [0.1, 0.15) is 0 Å². The van der Waals surface area contributed by atoms with Crippen LogP contribution >= 0.6 is 0 Å². The second kappa shape index (κ2) is 7.30. The molecule has 15 heavy (non-hydrogen) atoms. The molecule has 0 saturated carbocycles. The molecular formula is C12H22N2O. The van der Waals surface area contributed by atoms with Crippen LogP contribution in [-0.2, 0) is 4.79 Å². The van der Waals surface area contributed by atoms with Gasteiger partial charge in [0.15, 0.2) is 0 Å². The lowest BCUT2D eigenvalue weighted by Gasteiger charge is -2.18. The number of rotatable bonds is 6. The number of terminal acetylenes is 1. The minimum absolute atomic E-state index is 0.0348. The standard InChI is InChI=1S/C12H22N2O/c1-6-7-10(4)14-11(5)12(15)13-8-9(2)3/h1,9-11,14H,7-8H2,2-5H3,(H,13,15). The summed E-state index contributed by atoms with van der Waals surface area (Å²) in [5.74, 6) is 3.08. The molecule has 0 aliphatic heterocycles. The van der Waals surface area contributed by atoms with Crippen LogP contribution in [0.2, 0.25) is 0 Å². The summed E-state index contributed by atoms with van der Waals surface area (Å²) in [6.45, 7) is 8.68.